The first-order chi connectivity index (χ1) is 12.5. The van der Waals surface area contributed by atoms with Gasteiger partial charge in [0.05, 0.1) is 0 Å². The fourth-order valence-electron chi connectivity index (χ4n) is 2.23. The summed E-state index contributed by atoms with van der Waals surface area (Å²) in [6.07, 6.45) is -0.774. The lowest BCUT2D eigenvalue weighted by molar-refractivity contribution is -0.127. The van der Waals surface area contributed by atoms with E-state index in [4.69, 9.17) is 14.2 Å². The molecule has 0 bridgehead atoms. The van der Waals surface area contributed by atoms with E-state index in [1.165, 1.54) is 0 Å². The van der Waals surface area contributed by atoms with Crippen LogP contribution in [0, 0.1) is 6.92 Å². The molecule has 1 heterocycles. The molecule has 0 aromatic heterocycles. The predicted octanol–water partition coefficient (Wildman–Crippen LogP) is 2.34. The number of fused-ring (bicyclic) bond motifs is 1. The summed E-state index contributed by atoms with van der Waals surface area (Å²) < 4.78 is 15.9. The van der Waals surface area contributed by atoms with Gasteiger partial charge in [-0.2, -0.15) is 0 Å². The molecule has 0 spiro atoms. The number of rotatable bonds is 4. The summed E-state index contributed by atoms with van der Waals surface area (Å²) in [5.74, 6) is 1.26. The number of carbonyl (C=O) groups is 2. The van der Waals surface area contributed by atoms with E-state index in [1.807, 2.05) is 19.1 Å². The first-order valence-corrected chi connectivity index (χ1v) is 8.01. The Labute approximate surface area is 150 Å². The van der Waals surface area contributed by atoms with E-state index in [2.05, 4.69) is 16.2 Å². The van der Waals surface area contributed by atoms with Crippen molar-refractivity contribution in [2.24, 2.45) is 0 Å². The Bertz CT molecular complexity index is 807. The number of benzene rings is 2. The number of ether oxygens (including phenoxy) is 3. The van der Waals surface area contributed by atoms with Crippen molar-refractivity contribution in [2.75, 3.05) is 12.1 Å². The smallest absolute Gasteiger partial charge is 0.337 e. The van der Waals surface area contributed by atoms with Crippen molar-refractivity contribution < 1.29 is 23.8 Å². The van der Waals surface area contributed by atoms with Gasteiger partial charge < -0.3 is 19.5 Å². The van der Waals surface area contributed by atoms with Crippen LogP contribution in [0.4, 0.5) is 10.5 Å². The van der Waals surface area contributed by atoms with Crippen LogP contribution in [-0.4, -0.2) is 24.8 Å². The molecule has 1 aliphatic heterocycles. The van der Waals surface area contributed by atoms with E-state index in [9.17, 15) is 9.59 Å². The van der Waals surface area contributed by atoms with Crippen LogP contribution in [0.3, 0.4) is 0 Å². The van der Waals surface area contributed by atoms with Crippen LogP contribution in [0.5, 0.6) is 17.2 Å². The van der Waals surface area contributed by atoms with E-state index in [1.54, 1.807) is 37.3 Å². The molecule has 26 heavy (non-hydrogen) atoms. The Morgan fingerprint density at radius 2 is 1.77 bits per heavy atom. The molecule has 2 aromatic rings. The van der Waals surface area contributed by atoms with Gasteiger partial charge in [-0.05, 0) is 38.1 Å². The van der Waals surface area contributed by atoms with Crippen LogP contribution in [0.25, 0.3) is 0 Å². The van der Waals surface area contributed by atoms with Gasteiger partial charge in [0.1, 0.15) is 5.75 Å². The van der Waals surface area contributed by atoms with Crippen LogP contribution < -0.4 is 30.4 Å². The van der Waals surface area contributed by atoms with Gasteiger partial charge in [0.15, 0.2) is 17.6 Å². The molecule has 0 saturated carbocycles. The molecule has 0 fully saturated rings. The highest BCUT2D eigenvalue weighted by atomic mass is 16.7. The summed E-state index contributed by atoms with van der Waals surface area (Å²) in [5, 5.41) is 2.58. The van der Waals surface area contributed by atoms with E-state index < -0.39 is 18.0 Å². The Morgan fingerprint density at radius 3 is 2.54 bits per heavy atom. The number of aryl methyl sites for hydroxylation is 1. The first kappa shape index (κ1) is 17.4. The standard InChI is InChI=1S/C18H19N3O5/c1-11-3-6-14(7-4-11)26-12(2)17(22)20-21-18(23)19-13-5-8-15-16(9-13)25-10-24-15/h3-9,12H,10H2,1-2H3,(H,20,22)(H2,19,21,23)/t12-/m0/s1. The van der Waals surface area contributed by atoms with Crippen LogP contribution in [0.2, 0.25) is 0 Å². The van der Waals surface area contributed by atoms with Crippen molar-refractivity contribution in [2.45, 2.75) is 20.0 Å². The molecule has 0 radical (unpaired) electrons. The molecule has 0 aliphatic carbocycles. The van der Waals surface area contributed by atoms with Gasteiger partial charge in [-0.3, -0.25) is 10.2 Å². The molecule has 8 nitrogen and oxygen atoms in total. The van der Waals surface area contributed by atoms with Gasteiger partial charge in [-0.25, -0.2) is 10.2 Å². The average Bonchev–Trinajstić information content (AvgIpc) is 3.09. The zero-order valence-corrected chi connectivity index (χ0v) is 14.4. The molecular weight excluding hydrogens is 338 g/mol. The average molecular weight is 357 g/mol. The number of anilines is 1. The van der Waals surface area contributed by atoms with Crippen LogP contribution >= 0.6 is 0 Å². The van der Waals surface area contributed by atoms with E-state index >= 15 is 0 Å². The van der Waals surface area contributed by atoms with Gasteiger partial charge in [0, 0.05) is 11.8 Å². The third kappa shape index (κ3) is 4.35. The molecule has 8 heteroatoms. The number of hydrogen-bond donors (Lipinski definition) is 3. The molecule has 3 N–H and O–H groups in total. The lowest BCUT2D eigenvalue weighted by atomic mass is 10.2. The molecule has 1 atom stereocenters. The zero-order chi connectivity index (χ0) is 18.5. The molecular formula is C18H19N3O5. The Hall–Kier alpha value is -3.42. The number of carbonyl (C=O) groups excluding carboxylic acids is 2. The molecule has 136 valence electrons. The number of urea groups is 1. The second kappa shape index (κ2) is 7.64. The second-order valence-corrected chi connectivity index (χ2v) is 5.71. The maximum atomic E-state index is 12.0. The summed E-state index contributed by atoms with van der Waals surface area (Å²) in [7, 11) is 0. The van der Waals surface area contributed by atoms with Crippen molar-refractivity contribution in [3.8, 4) is 17.2 Å². The highest BCUT2D eigenvalue weighted by Gasteiger charge is 2.16. The molecule has 3 rings (SSSR count). The topological polar surface area (TPSA) is 97.9 Å². The molecule has 1 aliphatic rings. The van der Waals surface area contributed by atoms with Crippen molar-refractivity contribution in [1.82, 2.24) is 10.9 Å². The van der Waals surface area contributed by atoms with E-state index in [-0.39, 0.29) is 6.79 Å². The van der Waals surface area contributed by atoms with Gasteiger partial charge >= 0.3 is 6.03 Å². The largest absolute Gasteiger partial charge is 0.481 e. The summed E-state index contributed by atoms with van der Waals surface area (Å²) >= 11 is 0. The van der Waals surface area contributed by atoms with Crippen molar-refractivity contribution in [3.63, 3.8) is 0 Å². The molecule has 0 unspecified atom stereocenters. The van der Waals surface area contributed by atoms with Crippen LogP contribution in [0.15, 0.2) is 42.5 Å². The minimum Gasteiger partial charge on any atom is -0.481 e. The molecule has 0 saturated heterocycles. The minimum absolute atomic E-state index is 0.153. The lowest BCUT2D eigenvalue weighted by Crippen LogP contribution is -2.48. The van der Waals surface area contributed by atoms with E-state index in [0.717, 1.165) is 5.56 Å². The van der Waals surface area contributed by atoms with Gasteiger partial charge in [0.25, 0.3) is 5.91 Å². The van der Waals surface area contributed by atoms with Gasteiger partial charge in [-0.15, -0.1) is 0 Å². The third-order valence-corrected chi connectivity index (χ3v) is 3.63. The first-order valence-electron chi connectivity index (χ1n) is 8.01. The Balaban J connectivity index is 1.46. The van der Waals surface area contributed by atoms with Crippen molar-refractivity contribution >= 4 is 17.6 Å². The Morgan fingerprint density at radius 1 is 1.04 bits per heavy atom. The van der Waals surface area contributed by atoms with Gasteiger partial charge in [-0.1, -0.05) is 17.7 Å². The lowest BCUT2D eigenvalue weighted by Gasteiger charge is -2.15. The summed E-state index contributed by atoms with van der Waals surface area (Å²) in [4.78, 5) is 23.9. The fraction of sp³-hybridized carbons (Fsp3) is 0.222. The summed E-state index contributed by atoms with van der Waals surface area (Å²) in [6, 6.07) is 11.7. The zero-order valence-electron chi connectivity index (χ0n) is 14.4. The van der Waals surface area contributed by atoms with Crippen LogP contribution in [0.1, 0.15) is 12.5 Å². The Kier molecular flexibility index (Phi) is 5.12. The van der Waals surface area contributed by atoms with Crippen molar-refractivity contribution in [3.05, 3.63) is 48.0 Å². The normalized spacial score (nSPS) is 12.8. The van der Waals surface area contributed by atoms with Crippen LogP contribution in [-0.2, 0) is 4.79 Å². The molecule has 2 aromatic carbocycles. The summed E-state index contributed by atoms with van der Waals surface area (Å²) in [6.45, 7) is 3.70. The fourth-order valence-corrected chi connectivity index (χ4v) is 2.23. The predicted molar refractivity (Wildman–Crippen MR) is 94.1 cm³/mol. The number of hydrogen-bond acceptors (Lipinski definition) is 5. The number of hydrazine groups is 1. The van der Waals surface area contributed by atoms with Crippen molar-refractivity contribution in [1.29, 1.82) is 0 Å². The quantitative estimate of drug-likeness (QED) is 0.730. The van der Waals surface area contributed by atoms with E-state index in [0.29, 0.717) is 22.9 Å². The summed E-state index contributed by atoms with van der Waals surface area (Å²) in [5.41, 5.74) is 6.18. The second-order valence-electron chi connectivity index (χ2n) is 5.71. The maximum Gasteiger partial charge on any atom is 0.337 e. The highest BCUT2D eigenvalue weighted by molar-refractivity contribution is 5.91. The maximum absolute atomic E-state index is 12.0. The monoisotopic (exact) mass is 357 g/mol. The number of amides is 3. The minimum atomic E-state index is -0.774. The third-order valence-electron chi connectivity index (χ3n) is 3.63. The highest BCUT2D eigenvalue weighted by Crippen LogP contribution is 2.34. The van der Waals surface area contributed by atoms with Gasteiger partial charge in [0.2, 0.25) is 6.79 Å². The number of nitrogens with one attached hydrogen (secondary N) is 3. The SMILES string of the molecule is Cc1ccc(O[C@@H](C)C(=O)NNC(=O)Nc2ccc3c(c2)OCO3)cc1. The molecule has 3 amide bonds.